The average molecular weight is 1670 g/mol. The number of hydrogen-bond donors (Lipinski definition) is 22. The van der Waals surface area contributed by atoms with Crippen molar-refractivity contribution < 1.29 is 197 Å². The van der Waals surface area contributed by atoms with Crippen LogP contribution in [0.3, 0.4) is 0 Å². The Morgan fingerprint density at radius 3 is 1.73 bits per heavy atom. The molecule has 664 valence electrons. The first-order chi connectivity index (χ1) is 54.6. The average Bonchev–Trinajstić information content (AvgIpc) is 0.746. The van der Waals surface area contributed by atoms with Gasteiger partial charge in [0.05, 0.1) is 82.6 Å². The van der Waals surface area contributed by atoms with Crippen molar-refractivity contribution in [3.05, 3.63) is 11.6 Å². The Morgan fingerprint density at radius 1 is 0.517 bits per heavy atom. The first-order valence-electron chi connectivity index (χ1n) is 40.0. The van der Waals surface area contributed by atoms with Gasteiger partial charge in [0, 0.05) is 0 Å². The lowest BCUT2D eigenvalue weighted by molar-refractivity contribution is -0.384. The highest BCUT2D eigenvalue weighted by molar-refractivity contribution is 5.80. The van der Waals surface area contributed by atoms with Crippen LogP contribution in [-0.2, 0) is 90.2 Å². The molecular formula is C75H119NO40. The van der Waals surface area contributed by atoms with Gasteiger partial charge in [-0.25, -0.2) is 0 Å². The van der Waals surface area contributed by atoms with E-state index in [1.165, 1.54) is 6.92 Å². The Balaban J connectivity index is 0.756. The fraction of sp³-hybridized carbons (Fsp3) is 0.933. The molecule has 4 saturated carbocycles. The van der Waals surface area contributed by atoms with Crippen LogP contribution in [0.15, 0.2) is 11.6 Å². The van der Waals surface area contributed by atoms with Gasteiger partial charge in [-0.2, -0.15) is 0 Å². The fourth-order valence-corrected chi connectivity index (χ4v) is 21.4. The van der Waals surface area contributed by atoms with Crippen LogP contribution in [0.25, 0.3) is 0 Å². The van der Waals surface area contributed by atoms with E-state index in [2.05, 4.69) is 32.2 Å². The van der Waals surface area contributed by atoms with Gasteiger partial charge in [-0.15, -0.1) is 0 Å². The Bertz CT molecular complexity index is 3410. The predicted molar refractivity (Wildman–Crippen MR) is 377 cm³/mol. The van der Waals surface area contributed by atoms with Crippen molar-refractivity contribution in [2.24, 2.45) is 50.2 Å². The number of hydrogen-bond acceptors (Lipinski definition) is 40. The van der Waals surface area contributed by atoms with Crippen LogP contribution >= 0.6 is 0 Å². The molecule has 8 heterocycles. The number of fused-ring (bicyclic) bond motifs is 7. The highest BCUT2D eigenvalue weighted by Gasteiger charge is 2.73. The van der Waals surface area contributed by atoms with Crippen molar-refractivity contribution in [3.8, 4) is 0 Å². The monoisotopic (exact) mass is 1670 g/mol. The molecule has 13 aliphatic rings. The summed E-state index contributed by atoms with van der Waals surface area (Å²) in [6.45, 7) is 7.01. The maximum absolute atomic E-state index is 16.1. The summed E-state index contributed by atoms with van der Waals surface area (Å²) in [5.74, 6) is -3.49. The van der Waals surface area contributed by atoms with Crippen molar-refractivity contribution in [1.29, 1.82) is 0 Å². The molecule has 44 atom stereocenters. The number of amides is 1. The Hall–Kier alpha value is -3.09. The quantitative estimate of drug-likeness (QED) is 0.0195. The predicted octanol–water partition coefficient (Wildman–Crippen LogP) is -9.25. The van der Waals surface area contributed by atoms with Crippen LogP contribution in [0.4, 0.5) is 0 Å². The van der Waals surface area contributed by atoms with Gasteiger partial charge in [0.25, 0.3) is 0 Å². The van der Waals surface area contributed by atoms with E-state index in [1.54, 1.807) is 6.92 Å². The van der Waals surface area contributed by atoms with Gasteiger partial charge in [0.15, 0.2) is 50.1 Å². The summed E-state index contributed by atoms with van der Waals surface area (Å²) in [6.07, 6.45) is -53.1. The second-order valence-electron chi connectivity index (χ2n) is 35.9. The minimum absolute atomic E-state index is 0.0148. The van der Waals surface area contributed by atoms with Crippen molar-refractivity contribution in [2.75, 3.05) is 59.5 Å². The molecule has 0 aromatic rings. The molecule has 8 saturated heterocycles. The maximum atomic E-state index is 16.1. The van der Waals surface area contributed by atoms with Crippen LogP contribution in [0, 0.1) is 50.2 Å². The van der Waals surface area contributed by atoms with Crippen molar-refractivity contribution in [3.63, 3.8) is 0 Å². The van der Waals surface area contributed by atoms with Crippen LogP contribution in [0.1, 0.15) is 106 Å². The highest BCUT2D eigenvalue weighted by atomic mass is 16.8. The number of aliphatic hydroxyl groups excluding tert-OH is 20. The molecule has 0 spiro atoms. The molecule has 5 aliphatic carbocycles. The summed E-state index contributed by atoms with van der Waals surface area (Å²) in [5.41, 5.74) is -7.12. The number of rotatable bonds is 23. The number of allylic oxidation sites excluding steroid dienone is 2. The van der Waals surface area contributed by atoms with E-state index in [-0.39, 0.29) is 25.2 Å². The molecule has 41 nitrogen and oxygen atoms in total. The third-order valence-corrected chi connectivity index (χ3v) is 28.5. The lowest BCUT2D eigenvalue weighted by Crippen LogP contribution is -2.70. The molecule has 1 amide bonds. The van der Waals surface area contributed by atoms with E-state index in [9.17, 15) is 117 Å². The lowest BCUT2D eigenvalue weighted by Gasteiger charge is -2.71. The van der Waals surface area contributed by atoms with E-state index >= 15 is 4.79 Å². The number of aldehydes is 1. The van der Waals surface area contributed by atoms with E-state index < -0.39 is 336 Å². The van der Waals surface area contributed by atoms with Gasteiger partial charge in [0.1, 0.15) is 158 Å². The summed E-state index contributed by atoms with van der Waals surface area (Å²) in [5, 5.41) is 234. The molecule has 12 fully saturated rings. The normalized spacial score (nSPS) is 53.5. The number of ether oxygens (including phenoxy) is 16. The standard InChI is InChI=1S/C75H119NO40/c1-28-54(111-62-53(97)55(32(83)22-102-62)112-67-59(98)74(100,26-81)27-105-67)48(92)52(96)63(106-28)114-57-46(90)42(76-41(86)24-104-60-50(94)45(89)36(20-79)108-60)34(18-77)107-66(57)116-68(99)75-15-14-69(2,3)16-30(75)29-8-9-38-70(4)12-11-40(71(5,25-80)37(70)10-13-72(38,6)73(29,7)17-39(75)85)110-65-58(115-64-51(95)47(91)44(88)35(19-78)109-64)56(33(84)23-103-65)113-61-49(93)43(87)31(82)21-101-61/h8,25,28,30-40,42-67,77-79,81-85,87-98,100H,9-24,26-27H2,1-7H3,(H,76,86)/t28?,30?,31-,32-,33-,34-,35?,36?,37-,38?,39-,40+,42+,43+,44+,45?,46?,47+,48?,49?,50?,51?,52?,53?,54+,55?,56+,57?,58?,59?,60-,61+,62+,63+,64+,65+,66+,67+,70?,71?,72?,73?,74+,75-/m1/s1. The zero-order valence-electron chi connectivity index (χ0n) is 65.5. The summed E-state index contributed by atoms with van der Waals surface area (Å²) in [6, 6.07) is -1.72. The molecule has 0 aromatic heterocycles. The SMILES string of the molecule is CC1O[C@@H](OC2C(O)[C@@H](NC(=O)CO[C@@H]3OC(CO)C(O)C3O)[C@@H](CO)O[C@H]2OC(=O)[C@]23CCC(C)(C)CC2C2=CCC4C5(C)CC[C@H](O[C@@H]6OC[C@@H](O)[C@H](O[C@@H]7OC[C@@H](O)[C@H](O)C7O)C6O[C@@H]6OC(CO)[C@H](O)[C@H](O)C6O)C(C)(C=O)[C@@H]5CCC4(C)C2(C)C[C@H]3O)C(O)C(O)[C@H]1O[C@@H]1OC[C@@H](O)C(O[C@@H]2OC[C@@](O)(CO)C2O)C1O. The first-order valence-corrected chi connectivity index (χ1v) is 40.0. The largest absolute Gasteiger partial charge is 0.432 e. The van der Waals surface area contributed by atoms with Gasteiger partial charge in [-0.3, -0.25) is 9.59 Å². The highest BCUT2D eigenvalue weighted by Crippen LogP contribution is 2.76. The summed E-state index contributed by atoms with van der Waals surface area (Å²) in [4.78, 5) is 44.2. The second kappa shape index (κ2) is 34.8. The molecule has 0 aromatic carbocycles. The molecule has 0 bridgehead atoms. The van der Waals surface area contributed by atoms with Crippen LogP contribution in [-0.4, -0.2) is 406 Å². The minimum atomic E-state index is -2.18. The van der Waals surface area contributed by atoms with Crippen molar-refractivity contribution >= 4 is 18.2 Å². The van der Waals surface area contributed by atoms with E-state index in [0.717, 1.165) is 11.9 Å². The molecule has 41 heteroatoms. The second-order valence-corrected chi connectivity index (χ2v) is 35.9. The van der Waals surface area contributed by atoms with Crippen LogP contribution < -0.4 is 5.32 Å². The van der Waals surface area contributed by atoms with Crippen molar-refractivity contribution in [1.82, 2.24) is 5.32 Å². The number of carbonyl (C=O) groups excluding carboxylic acids is 3. The first kappa shape index (κ1) is 90.6. The summed E-state index contributed by atoms with van der Waals surface area (Å²) >= 11 is 0. The summed E-state index contributed by atoms with van der Waals surface area (Å²) in [7, 11) is 0. The van der Waals surface area contributed by atoms with Gasteiger partial charge in [-0.05, 0) is 104 Å². The lowest BCUT2D eigenvalue weighted by atomic mass is 9.33. The van der Waals surface area contributed by atoms with E-state index in [4.69, 9.17) is 75.8 Å². The topological polar surface area (TPSA) is 636 Å². The molecule has 22 N–H and O–H groups in total. The zero-order valence-corrected chi connectivity index (χ0v) is 65.5. The van der Waals surface area contributed by atoms with Crippen molar-refractivity contribution in [2.45, 2.75) is 327 Å². The third-order valence-electron chi connectivity index (χ3n) is 28.5. The maximum Gasteiger partial charge on any atom is 0.317 e. The third kappa shape index (κ3) is 15.9. The number of esters is 1. The van der Waals surface area contributed by atoms with E-state index in [1.807, 2.05) is 13.8 Å². The fourth-order valence-electron chi connectivity index (χ4n) is 21.4. The smallest absolute Gasteiger partial charge is 0.317 e. The molecule has 0 radical (unpaired) electrons. The Morgan fingerprint density at radius 2 is 1.08 bits per heavy atom. The van der Waals surface area contributed by atoms with E-state index in [0.29, 0.717) is 38.5 Å². The Labute approximate surface area is 667 Å². The molecule has 13 rings (SSSR count). The number of carbonyl (C=O) groups is 3. The van der Waals surface area contributed by atoms with Crippen LogP contribution in [0.5, 0.6) is 0 Å². The molecule has 8 aliphatic heterocycles. The zero-order chi connectivity index (χ0) is 84.3. The molecule has 116 heavy (non-hydrogen) atoms. The number of aliphatic hydroxyl groups is 21. The van der Waals surface area contributed by atoms with Gasteiger partial charge >= 0.3 is 5.97 Å². The minimum Gasteiger partial charge on any atom is -0.432 e. The Kier molecular flexibility index (Phi) is 27.2. The summed E-state index contributed by atoms with van der Waals surface area (Å²) < 4.78 is 95.4. The van der Waals surface area contributed by atoms with Gasteiger partial charge < -0.3 is 193 Å². The molecule has 21 unspecified atom stereocenters. The number of nitrogens with one attached hydrogen (secondary N) is 1. The molecular weight excluding hydrogens is 1550 g/mol. The van der Waals surface area contributed by atoms with Gasteiger partial charge in [-0.1, -0.05) is 53.2 Å². The van der Waals surface area contributed by atoms with Crippen LogP contribution in [0.2, 0.25) is 0 Å². The van der Waals surface area contributed by atoms with Gasteiger partial charge in [0.2, 0.25) is 12.2 Å².